The van der Waals surface area contributed by atoms with E-state index in [9.17, 15) is 14.5 Å². The average Bonchev–Trinajstić information content (AvgIpc) is 3.13. The monoisotopic (exact) mass is 382 g/mol. The van der Waals surface area contributed by atoms with Gasteiger partial charge in [-0.3, -0.25) is 20.5 Å². The van der Waals surface area contributed by atoms with E-state index in [1.165, 1.54) is 7.11 Å². The molecule has 4 rings (SSSR count). The summed E-state index contributed by atoms with van der Waals surface area (Å²) in [5.74, 6) is -0.0938. The van der Waals surface area contributed by atoms with Crippen molar-refractivity contribution >= 4 is 28.8 Å². The SMILES string of the molecule is COc1cc(F)c([N+](=O)[O-])cc1Nc1nccc(N2Cc3ccccc3N2)n1. The fraction of sp³-hybridized carbons (Fsp3) is 0.111. The van der Waals surface area contributed by atoms with Crippen molar-refractivity contribution in [2.75, 3.05) is 22.9 Å². The molecule has 0 amide bonds. The number of para-hydroxylation sites is 1. The lowest BCUT2D eigenvalue weighted by Gasteiger charge is -2.18. The summed E-state index contributed by atoms with van der Waals surface area (Å²) >= 11 is 0. The molecule has 0 aliphatic carbocycles. The lowest BCUT2D eigenvalue weighted by atomic mass is 10.2. The Hall–Kier alpha value is -3.95. The molecule has 2 N–H and O–H groups in total. The summed E-state index contributed by atoms with van der Waals surface area (Å²) in [4.78, 5) is 18.8. The lowest BCUT2D eigenvalue weighted by molar-refractivity contribution is -0.387. The van der Waals surface area contributed by atoms with Gasteiger partial charge in [0.25, 0.3) is 0 Å². The number of methoxy groups -OCH3 is 1. The Labute approximate surface area is 158 Å². The van der Waals surface area contributed by atoms with E-state index in [0.717, 1.165) is 23.4 Å². The van der Waals surface area contributed by atoms with Crippen LogP contribution in [0.2, 0.25) is 0 Å². The Morgan fingerprint density at radius 1 is 1.32 bits per heavy atom. The molecule has 28 heavy (non-hydrogen) atoms. The topological polar surface area (TPSA) is 105 Å². The van der Waals surface area contributed by atoms with Gasteiger partial charge in [0.2, 0.25) is 11.8 Å². The Bertz CT molecular complexity index is 1040. The van der Waals surface area contributed by atoms with Gasteiger partial charge in [-0.15, -0.1) is 0 Å². The first kappa shape index (κ1) is 17.5. The fourth-order valence-electron chi connectivity index (χ4n) is 2.89. The number of nitro benzene ring substituents is 1. The number of rotatable bonds is 5. The zero-order chi connectivity index (χ0) is 19.7. The maximum Gasteiger partial charge on any atom is 0.307 e. The zero-order valence-corrected chi connectivity index (χ0v) is 14.7. The molecule has 0 bridgehead atoms. The molecule has 9 nitrogen and oxygen atoms in total. The molecular formula is C18H15FN6O3. The van der Waals surface area contributed by atoms with Gasteiger partial charge in [0.15, 0.2) is 5.82 Å². The van der Waals surface area contributed by atoms with Crippen molar-refractivity contribution in [2.45, 2.75) is 6.54 Å². The average molecular weight is 382 g/mol. The van der Waals surface area contributed by atoms with Gasteiger partial charge in [-0.1, -0.05) is 18.2 Å². The molecule has 1 aliphatic heterocycles. The molecule has 10 heteroatoms. The number of hydrazine groups is 1. The first-order valence-electron chi connectivity index (χ1n) is 8.29. The standard InChI is InChI=1S/C18H15FN6O3/c1-28-16-8-12(19)15(25(26)27)9-14(16)21-18-20-7-6-17(22-18)24-10-11-4-2-3-5-13(11)23-24/h2-9,23H,10H2,1H3,(H,20,21,22). The molecule has 0 radical (unpaired) electrons. The molecule has 2 aromatic carbocycles. The summed E-state index contributed by atoms with van der Waals surface area (Å²) in [7, 11) is 1.34. The van der Waals surface area contributed by atoms with Crippen LogP contribution >= 0.6 is 0 Å². The number of benzene rings is 2. The van der Waals surface area contributed by atoms with E-state index in [4.69, 9.17) is 4.74 Å². The maximum atomic E-state index is 13.8. The number of hydrogen-bond acceptors (Lipinski definition) is 8. The van der Waals surface area contributed by atoms with Crippen molar-refractivity contribution in [3.05, 3.63) is 70.2 Å². The van der Waals surface area contributed by atoms with Crippen LogP contribution < -0.4 is 20.5 Å². The highest BCUT2D eigenvalue weighted by molar-refractivity contribution is 5.68. The highest BCUT2D eigenvalue weighted by atomic mass is 19.1. The van der Waals surface area contributed by atoms with E-state index in [1.54, 1.807) is 12.3 Å². The Morgan fingerprint density at radius 2 is 2.14 bits per heavy atom. The van der Waals surface area contributed by atoms with Gasteiger partial charge in [-0.05, 0) is 11.6 Å². The minimum atomic E-state index is -0.985. The van der Waals surface area contributed by atoms with Crippen molar-refractivity contribution in [3.63, 3.8) is 0 Å². The van der Waals surface area contributed by atoms with Crippen molar-refractivity contribution < 1.29 is 14.1 Å². The Balaban J connectivity index is 1.61. The van der Waals surface area contributed by atoms with E-state index in [0.29, 0.717) is 12.4 Å². The summed E-state index contributed by atoms with van der Waals surface area (Å²) in [5.41, 5.74) is 4.89. The van der Waals surface area contributed by atoms with Gasteiger partial charge in [0.1, 0.15) is 5.75 Å². The largest absolute Gasteiger partial charge is 0.494 e. The molecule has 3 aromatic rings. The molecule has 2 heterocycles. The smallest absolute Gasteiger partial charge is 0.307 e. The molecule has 0 spiro atoms. The van der Waals surface area contributed by atoms with E-state index < -0.39 is 16.4 Å². The number of nitrogens with zero attached hydrogens (tertiary/aromatic N) is 4. The number of hydrogen-bond donors (Lipinski definition) is 2. The summed E-state index contributed by atoms with van der Waals surface area (Å²) < 4.78 is 18.9. The van der Waals surface area contributed by atoms with Crippen LogP contribution in [-0.4, -0.2) is 22.0 Å². The second kappa shape index (κ2) is 6.99. The molecule has 0 saturated heterocycles. The van der Waals surface area contributed by atoms with Crippen LogP contribution in [0.4, 0.5) is 33.2 Å². The third-order valence-electron chi connectivity index (χ3n) is 4.23. The molecule has 0 unspecified atom stereocenters. The summed E-state index contributed by atoms with van der Waals surface area (Å²) in [6, 6.07) is 11.6. The van der Waals surface area contributed by atoms with Crippen LogP contribution in [0.5, 0.6) is 5.75 Å². The van der Waals surface area contributed by atoms with Crippen LogP contribution in [0.25, 0.3) is 0 Å². The molecule has 0 saturated carbocycles. The molecule has 1 aromatic heterocycles. The molecule has 0 atom stereocenters. The predicted molar refractivity (Wildman–Crippen MR) is 101 cm³/mol. The quantitative estimate of drug-likeness (QED) is 0.509. The van der Waals surface area contributed by atoms with Crippen molar-refractivity contribution in [1.29, 1.82) is 0 Å². The van der Waals surface area contributed by atoms with Crippen molar-refractivity contribution in [3.8, 4) is 5.75 Å². The van der Waals surface area contributed by atoms with E-state index in [2.05, 4.69) is 20.7 Å². The third kappa shape index (κ3) is 3.22. The number of ether oxygens (including phenoxy) is 1. The zero-order valence-electron chi connectivity index (χ0n) is 14.7. The number of fused-ring (bicyclic) bond motifs is 1. The van der Waals surface area contributed by atoms with Gasteiger partial charge in [-0.25, -0.2) is 4.98 Å². The number of nitro groups is 1. The highest BCUT2D eigenvalue weighted by Gasteiger charge is 2.21. The molecule has 142 valence electrons. The van der Waals surface area contributed by atoms with Gasteiger partial charge in [-0.2, -0.15) is 9.37 Å². The summed E-state index contributed by atoms with van der Waals surface area (Å²) in [5, 5.41) is 15.7. The van der Waals surface area contributed by atoms with Gasteiger partial charge in [0, 0.05) is 24.4 Å². The maximum absolute atomic E-state index is 13.8. The number of aromatic nitrogens is 2. The van der Waals surface area contributed by atoms with Gasteiger partial charge < -0.3 is 10.1 Å². The third-order valence-corrected chi connectivity index (χ3v) is 4.23. The molecular weight excluding hydrogens is 367 g/mol. The van der Waals surface area contributed by atoms with Crippen molar-refractivity contribution in [1.82, 2.24) is 9.97 Å². The van der Waals surface area contributed by atoms with E-state index in [-0.39, 0.29) is 17.4 Å². The van der Waals surface area contributed by atoms with Crippen LogP contribution in [0.1, 0.15) is 5.56 Å². The predicted octanol–water partition coefficient (Wildman–Crippen LogP) is 3.62. The van der Waals surface area contributed by atoms with Crippen LogP contribution in [0.3, 0.4) is 0 Å². The first-order chi connectivity index (χ1) is 13.5. The van der Waals surface area contributed by atoms with Crippen molar-refractivity contribution in [2.24, 2.45) is 0 Å². The number of anilines is 4. The fourth-order valence-corrected chi connectivity index (χ4v) is 2.89. The van der Waals surface area contributed by atoms with E-state index >= 15 is 0 Å². The van der Waals surface area contributed by atoms with E-state index in [1.807, 2.05) is 29.3 Å². The van der Waals surface area contributed by atoms with Gasteiger partial charge in [0.05, 0.1) is 30.0 Å². The van der Waals surface area contributed by atoms with Crippen LogP contribution in [0, 0.1) is 15.9 Å². The first-order valence-corrected chi connectivity index (χ1v) is 8.29. The summed E-state index contributed by atoms with van der Waals surface area (Å²) in [6.07, 6.45) is 1.56. The Kier molecular flexibility index (Phi) is 4.36. The molecule has 1 aliphatic rings. The molecule has 0 fully saturated rings. The number of nitrogens with one attached hydrogen (secondary N) is 2. The highest BCUT2D eigenvalue weighted by Crippen LogP contribution is 2.34. The lowest BCUT2D eigenvalue weighted by Crippen LogP contribution is -2.24. The van der Waals surface area contributed by atoms with Crippen LogP contribution in [-0.2, 0) is 6.54 Å². The summed E-state index contributed by atoms with van der Waals surface area (Å²) in [6.45, 7) is 0.623. The second-order valence-electron chi connectivity index (χ2n) is 5.98. The minimum Gasteiger partial charge on any atom is -0.494 e. The normalized spacial score (nSPS) is 12.3. The Morgan fingerprint density at radius 3 is 2.89 bits per heavy atom. The van der Waals surface area contributed by atoms with Crippen LogP contribution in [0.15, 0.2) is 48.7 Å². The minimum absolute atomic E-state index is 0.101. The van der Waals surface area contributed by atoms with Gasteiger partial charge >= 0.3 is 5.69 Å². The second-order valence-corrected chi connectivity index (χ2v) is 5.98. The number of halogens is 1.